The van der Waals surface area contributed by atoms with Crippen LogP contribution in [0.2, 0.25) is 0 Å². The van der Waals surface area contributed by atoms with Crippen LogP contribution in [-0.2, 0) is 0 Å². The topological polar surface area (TPSA) is 15.8 Å². The Kier molecular flexibility index (Phi) is 4.53. The summed E-state index contributed by atoms with van der Waals surface area (Å²) in [6.45, 7) is 0. The molecule has 1 aromatic heterocycles. The molecule has 0 amide bonds. The standard InChI is InChI=1S/C23H18BrN/c24-21-12-7-13-22-23(21)20(16-25-22)19(18-10-5-2-6-11-18)15-14-17-8-3-1-4-9-17/h1-16,19,25H/b15-14+/t19-/m1/s1. The minimum absolute atomic E-state index is 0.189. The number of allylic oxidation sites excluding steroid dienone is 1. The average molecular weight is 388 g/mol. The summed E-state index contributed by atoms with van der Waals surface area (Å²) >= 11 is 3.72. The van der Waals surface area contributed by atoms with Crippen LogP contribution in [0.25, 0.3) is 17.0 Å². The predicted molar refractivity (Wildman–Crippen MR) is 110 cm³/mol. The number of H-pyrrole nitrogens is 1. The Balaban J connectivity index is 1.84. The van der Waals surface area contributed by atoms with Crippen molar-refractivity contribution in [1.29, 1.82) is 0 Å². The maximum Gasteiger partial charge on any atom is 0.0468 e. The van der Waals surface area contributed by atoms with Crippen LogP contribution in [0.1, 0.15) is 22.6 Å². The van der Waals surface area contributed by atoms with Gasteiger partial charge in [0.05, 0.1) is 0 Å². The van der Waals surface area contributed by atoms with Crippen molar-refractivity contribution in [3.05, 3.63) is 112 Å². The van der Waals surface area contributed by atoms with Crippen molar-refractivity contribution in [2.45, 2.75) is 5.92 Å². The van der Waals surface area contributed by atoms with E-state index in [1.165, 1.54) is 22.1 Å². The maximum atomic E-state index is 3.72. The van der Waals surface area contributed by atoms with Crippen LogP contribution in [0.15, 0.2) is 95.6 Å². The van der Waals surface area contributed by atoms with E-state index >= 15 is 0 Å². The van der Waals surface area contributed by atoms with Gasteiger partial charge in [-0.25, -0.2) is 0 Å². The van der Waals surface area contributed by atoms with Crippen LogP contribution in [0.3, 0.4) is 0 Å². The van der Waals surface area contributed by atoms with E-state index in [-0.39, 0.29) is 5.92 Å². The van der Waals surface area contributed by atoms with E-state index in [4.69, 9.17) is 0 Å². The zero-order valence-electron chi connectivity index (χ0n) is 13.7. The lowest BCUT2D eigenvalue weighted by Crippen LogP contribution is -1.97. The smallest absolute Gasteiger partial charge is 0.0468 e. The first-order valence-electron chi connectivity index (χ1n) is 8.36. The predicted octanol–water partition coefficient (Wildman–Crippen LogP) is 6.78. The normalized spacial score (nSPS) is 12.7. The van der Waals surface area contributed by atoms with E-state index in [0.717, 1.165) is 9.99 Å². The second kappa shape index (κ2) is 7.12. The van der Waals surface area contributed by atoms with Crippen molar-refractivity contribution in [3.8, 4) is 0 Å². The van der Waals surface area contributed by atoms with Crippen molar-refractivity contribution < 1.29 is 0 Å². The fraction of sp³-hybridized carbons (Fsp3) is 0.0435. The van der Waals surface area contributed by atoms with Gasteiger partial charge in [-0.2, -0.15) is 0 Å². The van der Waals surface area contributed by atoms with Crippen LogP contribution < -0.4 is 0 Å². The number of fused-ring (bicyclic) bond motifs is 1. The number of hydrogen-bond donors (Lipinski definition) is 1. The summed E-state index contributed by atoms with van der Waals surface area (Å²) in [5.74, 6) is 0.189. The van der Waals surface area contributed by atoms with E-state index in [9.17, 15) is 0 Å². The molecular formula is C23H18BrN. The fourth-order valence-corrected chi connectivity index (χ4v) is 3.83. The summed E-state index contributed by atoms with van der Waals surface area (Å²) in [6.07, 6.45) is 6.61. The minimum Gasteiger partial charge on any atom is -0.361 e. The third kappa shape index (κ3) is 3.31. The molecule has 0 aliphatic carbocycles. The van der Waals surface area contributed by atoms with E-state index < -0.39 is 0 Å². The zero-order valence-corrected chi connectivity index (χ0v) is 15.3. The molecule has 122 valence electrons. The molecule has 0 unspecified atom stereocenters. The molecule has 1 N–H and O–H groups in total. The Morgan fingerprint density at radius 3 is 2.28 bits per heavy atom. The average Bonchev–Trinajstić information content (AvgIpc) is 3.09. The highest BCUT2D eigenvalue weighted by Gasteiger charge is 2.17. The molecule has 1 atom stereocenters. The van der Waals surface area contributed by atoms with E-state index in [1.807, 2.05) is 6.07 Å². The summed E-state index contributed by atoms with van der Waals surface area (Å²) in [7, 11) is 0. The molecular weight excluding hydrogens is 370 g/mol. The molecule has 0 saturated carbocycles. The zero-order chi connectivity index (χ0) is 17.1. The summed E-state index contributed by atoms with van der Waals surface area (Å²) in [6, 6.07) is 27.4. The lowest BCUT2D eigenvalue weighted by atomic mass is 9.90. The Morgan fingerprint density at radius 2 is 1.52 bits per heavy atom. The van der Waals surface area contributed by atoms with Crippen LogP contribution in [0.5, 0.6) is 0 Å². The second-order valence-corrected chi connectivity index (χ2v) is 6.92. The largest absolute Gasteiger partial charge is 0.361 e. The second-order valence-electron chi connectivity index (χ2n) is 6.06. The summed E-state index contributed by atoms with van der Waals surface area (Å²) in [5, 5.41) is 1.24. The highest BCUT2D eigenvalue weighted by Crippen LogP contribution is 2.36. The van der Waals surface area contributed by atoms with Gasteiger partial charge in [-0.3, -0.25) is 0 Å². The van der Waals surface area contributed by atoms with Crippen molar-refractivity contribution >= 4 is 32.9 Å². The lowest BCUT2D eigenvalue weighted by molar-refractivity contribution is 1.04. The molecule has 0 saturated heterocycles. The van der Waals surface area contributed by atoms with Gasteiger partial charge in [-0.1, -0.05) is 94.8 Å². The van der Waals surface area contributed by atoms with Gasteiger partial charge in [0, 0.05) is 27.5 Å². The number of rotatable bonds is 4. The number of nitrogens with one attached hydrogen (secondary N) is 1. The molecule has 1 heterocycles. The molecule has 1 nitrogen and oxygen atoms in total. The molecule has 0 bridgehead atoms. The van der Waals surface area contributed by atoms with E-state index in [0.29, 0.717) is 0 Å². The number of hydrogen-bond acceptors (Lipinski definition) is 0. The Bertz CT molecular complexity index is 1000. The Morgan fingerprint density at radius 1 is 0.800 bits per heavy atom. The van der Waals surface area contributed by atoms with Gasteiger partial charge in [-0.15, -0.1) is 0 Å². The Hall–Kier alpha value is -2.58. The number of aromatic amines is 1. The molecule has 25 heavy (non-hydrogen) atoms. The molecule has 0 spiro atoms. The first-order chi connectivity index (χ1) is 12.3. The van der Waals surface area contributed by atoms with Gasteiger partial charge in [-0.05, 0) is 28.8 Å². The van der Waals surface area contributed by atoms with Crippen molar-refractivity contribution in [1.82, 2.24) is 4.98 Å². The molecule has 0 radical (unpaired) electrons. The highest BCUT2D eigenvalue weighted by atomic mass is 79.9. The van der Waals surface area contributed by atoms with Crippen LogP contribution in [0, 0.1) is 0 Å². The van der Waals surface area contributed by atoms with Gasteiger partial charge in [0.25, 0.3) is 0 Å². The molecule has 3 aromatic carbocycles. The third-order valence-corrected chi connectivity index (χ3v) is 5.12. The van der Waals surface area contributed by atoms with Crippen LogP contribution in [-0.4, -0.2) is 4.98 Å². The van der Waals surface area contributed by atoms with Gasteiger partial charge >= 0.3 is 0 Å². The molecule has 0 fully saturated rings. The lowest BCUT2D eigenvalue weighted by Gasteiger charge is -2.14. The van der Waals surface area contributed by atoms with Gasteiger partial charge in [0.2, 0.25) is 0 Å². The van der Waals surface area contributed by atoms with Gasteiger partial charge in [0.1, 0.15) is 0 Å². The van der Waals surface area contributed by atoms with Crippen molar-refractivity contribution in [2.24, 2.45) is 0 Å². The molecule has 2 heteroatoms. The minimum atomic E-state index is 0.189. The van der Waals surface area contributed by atoms with Crippen LogP contribution >= 0.6 is 15.9 Å². The first-order valence-corrected chi connectivity index (χ1v) is 9.16. The molecule has 4 aromatic rings. The summed E-state index contributed by atoms with van der Waals surface area (Å²) < 4.78 is 1.12. The van der Waals surface area contributed by atoms with Crippen molar-refractivity contribution in [2.75, 3.05) is 0 Å². The van der Waals surface area contributed by atoms with Gasteiger partial charge < -0.3 is 4.98 Å². The molecule has 0 aliphatic rings. The van der Waals surface area contributed by atoms with E-state index in [2.05, 4.69) is 112 Å². The maximum absolute atomic E-state index is 3.72. The summed E-state index contributed by atoms with van der Waals surface area (Å²) in [4.78, 5) is 3.41. The number of benzene rings is 3. The van der Waals surface area contributed by atoms with Crippen LogP contribution in [0.4, 0.5) is 0 Å². The van der Waals surface area contributed by atoms with Gasteiger partial charge in [0.15, 0.2) is 0 Å². The first kappa shape index (κ1) is 15.9. The molecule has 4 rings (SSSR count). The quantitative estimate of drug-likeness (QED) is 0.397. The Labute approximate surface area is 156 Å². The fourth-order valence-electron chi connectivity index (χ4n) is 3.24. The third-order valence-electron chi connectivity index (χ3n) is 4.46. The SMILES string of the molecule is Brc1cccc2[nH]cc([C@H](/C=C/c3ccccc3)c3ccccc3)c12. The number of aromatic nitrogens is 1. The number of halogens is 1. The molecule has 0 aliphatic heterocycles. The highest BCUT2D eigenvalue weighted by molar-refractivity contribution is 9.10. The monoisotopic (exact) mass is 387 g/mol. The van der Waals surface area contributed by atoms with Crippen molar-refractivity contribution in [3.63, 3.8) is 0 Å². The van der Waals surface area contributed by atoms with E-state index in [1.54, 1.807) is 0 Å². The summed E-state index contributed by atoms with van der Waals surface area (Å²) in [5.41, 5.74) is 4.92.